The first-order valence-electron chi connectivity index (χ1n) is 17.5. The van der Waals surface area contributed by atoms with Crippen molar-refractivity contribution in [2.75, 3.05) is 0 Å². The van der Waals surface area contributed by atoms with Gasteiger partial charge in [0.2, 0.25) is 0 Å². The van der Waals surface area contributed by atoms with Gasteiger partial charge in [0.25, 0.3) is 0 Å². The van der Waals surface area contributed by atoms with Gasteiger partial charge in [-0.3, -0.25) is 0 Å². The summed E-state index contributed by atoms with van der Waals surface area (Å²) in [6.07, 6.45) is 25.1. The summed E-state index contributed by atoms with van der Waals surface area (Å²) in [4.78, 5) is 0. The summed E-state index contributed by atoms with van der Waals surface area (Å²) >= 11 is 0. The lowest BCUT2D eigenvalue weighted by molar-refractivity contribution is 0.0376. The summed E-state index contributed by atoms with van der Waals surface area (Å²) < 4.78 is 0. The fraction of sp³-hybridized carbons (Fsp3) is 1.00. The van der Waals surface area contributed by atoms with Crippen LogP contribution in [-0.2, 0) is 0 Å². The molecular formula is C35H64N2. The van der Waals surface area contributed by atoms with Gasteiger partial charge in [0.1, 0.15) is 0 Å². The third-order valence-corrected chi connectivity index (χ3v) is 12.8. The molecule has 4 aliphatic carbocycles. The minimum Gasteiger partial charge on any atom is -0.309 e. The highest BCUT2D eigenvalue weighted by Gasteiger charge is 2.45. The lowest BCUT2D eigenvalue weighted by Gasteiger charge is -2.52. The third-order valence-electron chi connectivity index (χ3n) is 12.8. The van der Waals surface area contributed by atoms with E-state index in [1.54, 1.807) is 0 Å². The van der Waals surface area contributed by atoms with Gasteiger partial charge in [-0.1, -0.05) is 98.8 Å². The molecule has 10 atom stereocenters. The van der Waals surface area contributed by atoms with E-state index in [1.807, 2.05) is 0 Å². The zero-order valence-electron chi connectivity index (χ0n) is 25.5. The van der Waals surface area contributed by atoms with Crippen LogP contribution >= 0.6 is 0 Å². The molecule has 0 radical (unpaired) electrons. The molecule has 2 nitrogen and oxygen atoms in total. The molecule has 0 amide bonds. The van der Waals surface area contributed by atoms with Gasteiger partial charge in [-0.05, 0) is 98.2 Å². The van der Waals surface area contributed by atoms with Crippen molar-refractivity contribution in [2.45, 2.75) is 168 Å². The van der Waals surface area contributed by atoms with Gasteiger partial charge in [0.05, 0.1) is 0 Å². The van der Waals surface area contributed by atoms with Crippen LogP contribution in [-0.4, -0.2) is 24.2 Å². The topological polar surface area (TPSA) is 24.1 Å². The first-order valence-corrected chi connectivity index (χ1v) is 17.5. The maximum absolute atomic E-state index is 4.61. The maximum Gasteiger partial charge on any atom is 0.0254 e. The molecule has 5 rings (SSSR count). The number of rotatable bonds is 7. The summed E-state index contributed by atoms with van der Waals surface area (Å²) in [5.74, 6) is 8.09. The number of fused-ring (bicyclic) bond motifs is 1. The van der Waals surface area contributed by atoms with E-state index in [-0.39, 0.29) is 0 Å². The van der Waals surface area contributed by atoms with E-state index >= 15 is 0 Å². The van der Waals surface area contributed by atoms with Gasteiger partial charge in [-0.25, -0.2) is 0 Å². The molecule has 10 unspecified atom stereocenters. The Morgan fingerprint density at radius 3 is 1.86 bits per heavy atom. The molecule has 1 aliphatic heterocycles. The summed E-state index contributed by atoms with van der Waals surface area (Å²) in [7, 11) is 0. The summed E-state index contributed by atoms with van der Waals surface area (Å²) in [5.41, 5.74) is 0. The molecule has 214 valence electrons. The maximum atomic E-state index is 4.61. The van der Waals surface area contributed by atoms with Crippen LogP contribution in [0.15, 0.2) is 0 Å². The third kappa shape index (κ3) is 6.47. The van der Waals surface area contributed by atoms with Crippen LogP contribution in [0.2, 0.25) is 0 Å². The standard InChI is InChI=1S/C35H64N2/c1-23(2)27-18-11-19-28(24(3)4)34(27)37-35(29-16-8-6-13-25(29)5)33-22-12-21-32(36-33)31-20-10-15-26-14-7-9-17-30(26)31/h23-37H,6-22H2,1-5H3. The van der Waals surface area contributed by atoms with Gasteiger partial charge in [-0.15, -0.1) is 0 Å². The average Bonchev–Trinajstić information content (AvgIpc) is 2.91. The molecule has 1 saturated heterocycles. The predicted molar refractivity (Wildman–Crippen MR) is 160 cm³/mol. The van der Waals surface area contributed by atoms with E-state index in [4.69, 9.17) is 0 Å². The molecule has 1 heterocycles. The van der Waals surface area contributed by atoms with Gasteiger partial charge in [0.15, 0.2) is 0 Å². The molecule has 0 aromatic carbocycles. The molecule has 0 aromatic heterocycles. The van der Waals surface area contributed by atoms with Crippen molar-refractivity contribution in [1.29, 1.82) is 0 Å². The van der Waals surface area contributed by atoms with Crippen molar-refractivity contribution in [3.05, 3.63) is 0 Å². The molecule has 2 heteroatoms. The minimum absolute atomic E-state index is 0.675. The molecule has 0 spiro atoms. The van der Waals surface area contributed by atoms with Crippen molar-refractivity contribution >= 4 is 0 Å². The van der Waals surface area contributed by atoms with Crippen molar-refractivity contribution < 1.29 is 0 Å². The Kier molecular flexibility index (Phi) is 10.0. The summed E-state index contributed by atoms with van der Waals surface area (Å²) in [5, 5.41) is 9.10. The van der Waals surface area contributed by atoms with Crippen LogP contribution in [0.5, 0.6) is 0 Å². The van der Waals surface area contributed by atoms with Crippen LogP contribution in [0.1, 0.15) is 144 Å². The van der Waals surface area contributed by atoms with Crippen molar-refractivity contribution in [3.63, 3.8) is 0 Å². The van der Waals surface area contributed by atoms with E-state index in [2.05, 4.69) is 45.3 Å². The molecule has 2 N–H and O–H groups in total. The summed E-state index contributed by atoms with van der Waals surface area (Å²) in [6.45, 7) is 12.7. The molecule has 5 aliphatic rings. The Morgan fingerprint density at radius 1 is 0.568 bits per heavy atom. The van der Waals surface area contributed by atoms with Crippen LogP contribution in [0.4, 0.5) is 0 Å². The highest BCUT2D eigenvalue weighted by molar-refractivity contribution is 5.02. The number of hydrogen-bond acceptors (Lipinski definition) is 2. The summed E-state index contributed by atoms with van der Waals surface area (Å²) in [6, 6.07) is 2.87. The lowest BCUT2D eigenvalue weighted by atomic mass is 9.62. The van der Waals surface area contributed by atoms with Crippen molar-refractivity contribution in [2.24, 2.45) is 53.3 Å². The highest BCUT2D eigenvalue weighted by Crippen LogP contribution is 2.47. The number of hydrogen-bond donors (Lipinski definition) is 2. The fourth-order valence-corrected chi connectivity index (χ4v) is 10.8. The number of nitrogens with one attached hydrogen (secondary N) is 2. The predicted octanol–water partition coefficient (Wildman–Crippen LogP) is 8.99. The fourth-order valence-electron chi connectivity index (χ4n) is 10.8. The molecule has 5 fully saturated rings. The SMILES string of the molecule is CC(C)C1CCCC(C(C)C)C1NC(C1CCCC(C2CCCC3CCCCC32)N1)C1CCCCC1C. The zero-order chi connectivity index (χ0) is 25.9. The molecule has 0 aromatic rings. The Hall–Kier alpha value is -0.0800. The van der Waals surface area contributed by atoms with Gasteiger partial charge in [-0.2, -0.15) is 0 Å². The monoisotopic (exact) mass is 513 g/mol. The minimum atomic E-state index is 0.675. The van der Waals surface area contributed by atoms with Gasteiger partial charge < -0.3 is 10.6 Å². The van der Waals surface area contributed by atoms with E-state index in [1.165, 1.54) is 109 Å². The Labute approximate surface area is 231 Å². The van der Waals surface area contributed by atoms with Crippen LogP contribution in [0, 0.1) is 53.3 Å². The Balaban J connectivity index is 1.37. The smallest absolute Gasteiger partial charge is 0.0254 e. The quantitative estimate of drug-likeness (QED) is 0.355. The second-order valence-corrected chi connectivity index (χ2v) is 15.5. The Morgan fingerprint density at radius 2 is 1.14 bits per heavy atom. The second kappa shape index (κ2) is 13.1. The first kappa shape index (κ1) is 28.4. The second-order valence-electron chi connectivity index (χ2n) is 15.5. The van der Waals surface area contributed by atoms with Gasteiger partial charge >= 0.3 is 0 Å². The normalized spacial score (nSPS) is 44.5. The van der Waals surface area contributed by atoms with Crippen LogP contribution in [0.25, 0.3) is 0 Å². The first-order chi connectivity index (χ1) is 17.9. The van der Waals surface area contributed by atoms with Crippen molar-refractivity contribution in [3.8, 4) is 0 Å². The Bertz CT molecular complexity index is 669. The highest BCUT2D eigenvalue weighted by atomic mass is 15.1. The van der Waals surface area contributed by atoms with E-state index in [9.17, 15) is 0 Å². The molecular weight excluding hydrogens is 448 g/mol. The molecule has 0 bridgehead atoms. The lowest BCUT2D eigenvalue weighted by Crippen LogP contribution is -2.64. The van der Waals surface area contributed by atoms with Crippen LogP contribution in [0.3, 0.4) is 0 Å². The molecule has 37 heavy (non-hydrogen) atoms. The van der Waals surface area contributed by atoms with Crippen molar-refractivity contribution in [1.82, 2.24) is 10.6 Å². The largest absolute Gasteiger partial charge is 0.309 e. The van der Waals surface area contributed by atoms with Gasteiger partial charge in [0, 0.05) is 24.2 Å². The van der Waals surface area contributed by atoms with E-state index < -0.39 is 0 Å². The number of piperidine rings is 1. The average molecular weight is 513 g/mol. The zero-order valence-corrected chi connectivity index (χ0v) is 25.5. The van der Waals surface area contributed by atoms with E-state index in [0.29, 0.717) is 18.1 Å². The van der Waals surface area contributed by atoms with Crippen LogP contribution < -0.4 is 10.6 Å². The molecule has 4 saturated carbocycles. The van der Waals surface area contributed by atoms with E-state index in [0.717, 1.165) is 59.3 Å².